The van der Waals surface area contributed by atoms with Crippen molar-refractivity contribution in [2.45, 2.75) is 13.3 Å². The number of nitro benzene ring substituents is 1. The van der Waals surface area contributed by atoms with Crippen molar-refractivity contribution in [3.63, 3.8) is 0 Å². The van der Waals surface area contributed by atoms with Crippen molar-refractivity contribution in [3.8, 4) is 5.75 Å². The van der Waals surface area contributed by atoms with Crippen molar-refractivity contribution >= 4 is 23.4 Å². The summed E-state index contributed by atoms with van der Waals surface area (Å²) in [5.74, 6) is -1.21. The molecule has 9 heteroatoms. The van der Waals surface area contributed by atoms with Crippen LogP contribution >= 0.6 is 0 Å². The van der Waals surface area contributed by atoms with E-state index in [0.717, 1.165) is 0 Å². The molecule has 2 N–H and O–H groups in total. The fourth-order valence-corrected chi connectivity index (χ4v) is 2.35. The fraction of sp³-hybridized carbons (Fsp3) is 0.429. The zero-order valence-electron chi connectivity index (χ0n) is 12.5. The van der Waals surface area contributed by atoms with Gasteiger partial charge in [-0.1, -0.05) is 0 Å². The van der Waals surface area contributed by atoms with Crippen LogP contribution in [0.3, 0.4) is 0 Å². The number of benzene rings is 1. The number of anilines is 1. The first-order chi connectivity index (χ1) is 10.9. The van der Waals surface area contributed by atoms with Gasteiger partial charge in [0, 0.05) is 25.2 Å². The monoisotopic (exact) mass is 323 g/mol. The molecule has 2 rings (SSSR count). The number of ether oxygens (including phenoxy) is 1. The Kier molecular flexibility index (Phi) is 4.99. The average Bonchev–Trinajstić information content (AvgIpc) is 2.99. The van der Waals surface area contributed by atoms with E-state index in [1.54, 1.807) is 6.92 Å². The van der Waals surface area contributed by atoms with E-state index < -0.39 is 22.8 Å². The highest BCUT2D eigenvalue weighted by Crippen LogP contribution is 2.30. The highest BCUT2D eigenvalue weighted by Gasteiger charge is 2.31. The number of carbonyl (C=O) groups excluding carboxylic acids is 1. The van der Waals surface area contributed by atoms with Crippen LogP contribution in [0.2, 0.25) is 0 Å². The molecule has 23 heavy (non-hydrogen) atoms. The Morgan fingerprint density at radius 1 is 1.52 bits per heavy atom. The minimum atomic E-state index is -0.939. The maximum absolute atomic E-state index is 12.2. The molecule has 1 aromatic rings. The molecule has 0 radical (unpaired) electrons. The standard InChI is InChI=1S/C14H17N3O6/c1-2-23-12-4-3-10(17(21)22)7-11(12)15-14(20)16-6-5-9(8-16)13(18)19/h3-4,7,9H,2,5-6,8H2,1H3,(H,15,20)(H,18,19). The van der Waals surface area contributed by atoms with Gasteiger partial charge in [0.15, 0.2) is 0 Å². The van der Waals surface area contributed by atoms with Crippen LogP contribution < -0.4 is 10.1 Å². The van der Waals surface area contributed by atoms with Gasteiger partial charge in [0.25, 0.3) is 5.69 Å². The summed E-state index contributed by atoms with van der Waals surface area (Å²) in [6, 6.07) is 3.42. The summed E-state index contributed by atoms with van der Waals surface area (Å²) in [4.78, 5) is 34.8. The minimum absolute atomic E-state index is 0.111. The molecule has 0 aliphatic carbocycles. The van der Waals surface area contributed by atoms with Gasteiger partial charge in [0.2, 0.25) is 0 Å². The molecule has 1 fully saturated rings. The summed E-state index contributed by atoms with van der Waals surface area (Å²) in [7, 11) is 0. The van der Waals surface area contributed by atoms with Crippen molar-refractivity contribution < 1.29 is 24.4 Å². The van der Waals surface area contributed by atoms with Crippen molar-refractivity contribution in [2.75, 3.05) is 25.0 Å². The molecule has 0 spiro atoms. The lowest BCUT2D eigenvalue weighted by Crippen LogP contribution is -2.33. The molecule has 9 nitrogen and oxygen atoms in total. The third kappa shape index (κ3) is 3.87. The summed E-state index contributed by atoms with van der Waals surface area (Å²) in [5, 5.41) is 22.4. The lowest BCUT2D eigenvalue weighted by atomic mass is 10.1. The quantitative estimate of drug-likeness (QED) is 0.630. The molecule has 1 heterocycles. The Labute approximate surface area is 132 Å². The van der Waals surface area contributed by atoms with Crippen LogP contribution in [0.25, 0.3) is 0 Å². The second-order valence-electron chi connectivity index (χ2n) is 5.07. The van der Waals surface area contributed by atoms with Gasteiger partial charge < -0.3 is 20.1 Å². The van der Waals surface area contributed by atoms with Gasteiger partial charge in [0.1, 0.15) is 5.75 Å². The van der Waals surface area contributed by atoms with Gasteiger partial charge in [-0.3, -0.25) is 14.9 Å². The van der Waals surface area contributed by atoms with Crippen molar-refractivity contribution in [2.24, 2.45) is 5.92 Å². The number of likely N-dealkylation sites (tertiary alicyclic amines) is 1. The maximum atomic E-state index is 12.2. The van der Waals surface area contributed by atoms with Crippen LogP contribution in [0.5, 0.6) is 5.75 Å². The van der Waals surface area contributed by atoms with Gasteiger partial charge in [-0.25, -0.2) is 4.79 Å². The van der Waals surface area contributed by atoms with E-state index in [1.165, 1.54) is 23.1 Å². The molecular formula is C14H17N3O6. The second kappa shape index (κ2) is 6.95. The summed E-state index contributed by atoms with van der Waals surface area (Å²) in [6.07, 6.45) is 0.385. The first kappa shape index (κ1) is 16.5. The van der Waals surface area contributed by atoms with Crippen LogP contribution in [0.15, 0.2) is 18.2 Å². The minimum Gasteiger partial charge on any atom is -0.492 e. The molecular weight excluding hydrogens is 306 g/mol. The fourth-order valence-electron chi connectivity index (χ4n) is 2.35. The molecule has 0 bridgehead atoms. The smallest absolute Gasteiger partial charge is 0.321 e. The molecule has 1 saturated heterocycles. The topological polar surface area (TPSA) is 122 Å². The third-order valence-corrected chi connectivity index (χ3v) is 3.54. The molecule has 1 aliphatic heterocycles. The Balaban J connectivity index is 2.14. The molecule has 1 aliphatic rings. The Bertz CT molecular complexity index is 633. The van der Waals surface area contributed by atoms with Crippen LogP contribution in [0.4, 0.5) is 16.2 Å². The molecule has 0 saturated carbocycles. The Morgan fingerprint density at radius 2 is 2.26 bits per heavy atom. The molecule has 1 aromatic carbocycles. The molecule has 124 valence electrons. The summed E-state index contributed by atoms with van der Waals surface area (Å²) >= 11 is 0. The summed E-state index contributed by atoms with van der Waals surface area (Å²) in [5.41, 5.74) is 0.0124. The highest BCUT2D eigenvalue weighted by atomic mass is 16.6. The van der Waals surface area contributed by atoms with Crippen molar-refractivity contribution in [1.29, 1.82) is 0 Å². The SMILES string of the molecule is CCOc1ccc([N+](=O)[O-])cc1NC(=O)N1CCC(C(=O)O)C1. The van der Waals surface area contributed by atoms with Crippen LogP contribution in [-0.4, -0.2) is 46.6 Å². The summed E-state index contributed by atoms with van der Waals surface area (Å²) < 4.78 is 5.34. The van der Waals surface area contributed by atoms with E-state index in [-0.39, 0.29) is 17.9 Å². The number of hydrogen-bond donors (Lipinski definition) is 2. The van der Waals surface area contributed by atoms with E-state index in [9.17, 15) is 19.7 Å². The van der Waals surface area contributed by atoms with Crippen LogP contribution in [0, 0.1) is 16.0 Å². The van der Waals surface area contributed by atoms with E-state index >= 15 is 0 Å². The predicted molar refractivity (Wildman–Crippen MR) is 80.6 cm³/mol. The molecule has 1 unspecified atom stereocenters. The zero-order valence-corrected chi connectivity index (χ0v) is 12.5. The number of rotatable bonds is 5. The largest absolute Gasteiger partial charge is 0.492 e. The molecule has 1 atom stereocenters. The number of hydrogen-bond acceptors (Lipinski definition) is 5. The van der Waals surface area contributed by atoms with Gasteiger partial charge in [-0.15, -0.1) is 0 Å². The third-order valence-electron chi connectivity index (χ3n) is 3.54. The number of non-ortho nitro benzene ring substituents is 1. The number of carboxylic acids is 1. The van der Waals surface area contributed by atoms with E-state index in [1.807, 2.05) is 0 Å². The van der Waals surface area contributed by atoms with E-state index in [2.05, 4.69) is 5.32 Å². The van der Waals surface area contributed by atoms with Gasteiger partial charge >= 0.3 is 12.0 Å². The number of urea groups is 1. The first-order valence-electron chi connectivity index (χ1n) is 7.12. The number of nitro groups is 1. The predicted octanol–water partition coefficient (Wildman–Crippen LogP) is 1.93. The molecule has 0 aromatic heterocycles. The number of carboxylic acid groups (broad SMARTS) is 1. The van der Waals surface area contributed by atoms with Crippen molar-refractivity contribution in [3.05, 3.63) is 28.3 Å². The second-order valence-corrected chi connectivity index (χ2v) is 5.07. The number of aliphatic carboxylic acids is 1. The first-order valence-corrected chi connectivity index (χ1v) is 7.12. The van der Waals surface area contributed by atoms with E-state index in [0.29, 0.717) is 25.3 Å². The normalized spacial score (nSPS) is 16.9. The lowest BCUT2D eigenvalue weighted by Gasteiger charge is -2.18. The van der Waals surface area contributed by atoms with Gasteiger partial charge in [0.05, 0.1) is 23.1 Å². The molecule has 2 amide bonds. The maximum Gasteiger partial charge on any atom is 0.321 e. The van der Waals surface area contributed by atoms with Crippen LogP contribution in [0.1, 0.15) is 13.3 Å². The Morgan fingerprint density at radius 3 is 2.83 bits per heavy atom. The number of carbonyl (C=O) groups is 2. The van der Waals surface area contributed by atoms with Gasteiger partial charge in [-0.2, -0.15) is 0 Å². The van der Waals surface area contributed by atoms with Crippen LogP contribution in [-0.2, 0) is 4.79 Å². The lowest BCUT2D eigenvalue weighted by molar-refractivity contribution is -0.384. The zero-order chi connectivity index (χ0) is 17.0. The Hall–Kier alpha value is -2.84. The number of nitrogens with one attached hydrogen (secondary N) is 1. The average molecular weight is 323 g/mol. The van der Waals surface area contributed by atoms with Gasteiger partial charge in [-0.05, 0) is 19.4 Å². The number of amides is 2. The van der Waals surface area contributed by atoms with E-state index in [4.69, 9.17) is 9.84 Å². The number of nitrogens with zero attached hydrogens (tertiary/aromatic N) is 2. The highest BCUT2D eigenvalue weighted by molar-refractivity contribution is 5.92. The van der Waals surface area contributed by atoms with Crippen molar-refractivity contribution in [1.82, 2.24) is 4.90 Å². The summed E-state index contributed by atoms with van der Waals surface area (Å²) in [6.45, 7) is 2.53.